The molecule has 0 fully saturated rings. The van der Waals surface area contributed by atoms with E-state index in [0.717, 1.165) is 5.56 Å². The van der Waals surface area contributed by atoms with Crippen LogP contribution in [-0.4, -0.2) is 28.2 Å². The van der Waals surface area contributed by atoms with Crippen LogP contribution in [0.25, 0.3) is 6.08 Å². The molecule has 2 aliphatic rings. The van der Waals surface area contributed by atoms with Gasteiger partial charge in [-0.25, -0.2) is 0 Å². The third-order valence-electron chi connectivity index (χ3n) is 4.55. The molecule has 0 radical (unpaired) electrons. The maximum absolute atomic E-state index is 12.9. The quantitative estimate of drug-likeness (QED) is 0.830. The first-order valence-electron chi connectivity index (χ1n) is 8.10. The fourth-order valence-corrected chi connectivity index (χ4v) is 3.27. The number of rotatable bonds is 1. The number of aromatic hydroxyl groups is 2. The summed E-state index contributed by atoms with van der Waals surface area (Å²) in [7, 11) is 0. The molecule has 0 bridgehead atoms. The fraction of sp³-hybridized carbons (Fsp3) is 0.250. The van der Waals surface area contributed by atoms with Crippen molar-refractivity contribution in [2.75, 3.05) is 6.61 Å². The van der Waals surface area contributed by atoms with Gasteiger partial charge >= 0.3 is 0 Å². The van der Waals surface area contributed by atoms with E-state index in [4.69, 9.17) is 9.47 Å². The second kappa shape index (κ2) is 5.28. The van der Waals surface area contributed by atoms with Crippen LogP contribution in [0.4, 0.5) is 0 Å². The van der Waals surface area contributed by atoms with Gasteiger partial charge in [-0.05, 0) is 44.2 Å². The van der Waals surface area contributed by atoms with Crippen LogP contribution in [0.3, 0.4) is 0 Å². The van der Waals surface area contributed by atoms with Gasteiger partial charge in [-0.15, -0.1) is 0 Å². The van der Waals surface area contributed by atoms with E-state index < -0.39 is 11.5 Å². The Morgan fingerprint density at radius 2 is 1.96 bits per heavy atom. The summed E-state index contributed by atoms with van der Waals surface area (Å²) in [6, 6.07) is 7.70. The predicted octanol–water partition coefficient (Wildman–Crippen LogP) is 3.64. The van der Waals surface area contributed by atoms with Crippen LogP contribution in [0.2, 0.25) is 0 Å². The minimum atomic E-state index is -0.615. The second-order valence-corrected chi connectivity index (χ2v) is 6.86. The lowest BCUT2D eigenvalue weighted by molar-refractivity contribution is 0.0892. The summed E-state index contributed by atoms with van der Waals surface area (Å²) in [6.45, 7) is 4.04. The highest BCUT2D eigenvalue weighted by molar-refractivity contribution is 6.05. The van der Waals surface area contributed by atoms with Gasteiger partial charge in [-0.3, -0.25) is 4.79 Å². The molecule has 1 atom stereocenters. The molecule has 4 rings (SSSR count). The van der Waals surface area contributed by atoms with Crippen molar-refractivity contribution in [3.05, 3.63) is 53.1 Å². The number of phenols is 2. The van der Waals surface area contributed by atoms with Gasteiger partial charge in [0.2, 0.25) is 0 Å². The Hall–Kier alpha value is -2.95. The second-order valence-electron chi connectivity index (χ2n) is 6.86. The Bertz CT molecular complexity index is 911. The largest absolute Gasteiger partial charge is 0.508 e. The molecule has 0 saturated heterocycles. The molecule has 0 amide bonds. The van der Waals surface area contributed by atoms with E-state index in [1.165, 1.54) is 12.1 Å². The minimum absolute atomic E-state index is 0.0511. The summed E-state index contributed by atoms with van der Waals surface area (Å²) in [5.41, 5.74) is 1.27. The molecule has 5 nitrogen and oxygen atoms in total. The average molecular weight is 338 g/mol. The molecule has 2 heterocycles. The molecule has 0 saturated carbocycles. The molecule has 2 aliphatic heterocycles. The Kier molecular flexibility index (Phi) is 3.29. The van der Waals surface area contributed by atoms with Crippen LogP contribution < -0.4 is 9.47 Å². The monoisotopic (exact) mass is 338 g/mol. The first-order valence-corrected chi connectivity index (χ1v) is 8.10. The molecule has 0 spiro atoms. The molecule has 0 aromatic heterocycles. The normalized spacial score (nSPS) is 20.2. The summed E-state index contributed by atoms with van der Waals surface area (Å²) in [4.78, 5) is 12.9. The van der Waals surface area contributed by atoms with Crippen molar-refractivity contribution in [3.63, 3.8) is 0 Å². The van der Waals surface area contributed by atoms with Crippen molar-refractivity contribution in [1.29, 1.82) is 0 Å². The zero-order valence-corrected chi connectivity index (χ0v) is 13.9. The van der Waals surface area contributed by atoms with Crippen LogP contribution in [-0.2, 0) is 0 Å². The SMILES string of the molecule is CC1(C)C=Cc2c(ccc3c2OC[C@H](c2ccc(O)cc2O)C3=O)O1. The van der Waals surface area contributed by atoms with Crippen LogP contribution in [0.15, 0.2) is 36.4 Å². The first kappa shape index (κ1) is 15.6. The Labute approximate surface area is 145 Å². The number of carbonyl (C=O) groups excluding carboxylic acids is 1. The van der Waals surface area contributed by atoms with Crippen LogP contribution in [0, 0.1) is 0 Å². The van der Waals surface area contributed by atoms with Gasteiger partial charge in [-0.2, -0.15) is 0 Å². The highest BCUT2D eigenvalue weighted by Crippen LogP contribution is 2.44. The van der Waals surface area contributed by atoms with Gasteiger partial charge in [0, 0.05) is 11.6 Å². The smallest absolute Gasteiger partial charge is 0.177 e. The van der Waals surface area contributed by atoms with Crippen molar-refractivity contribution >= 4 is 11.9 Å². The Balaban J connectivity index is 1.75. The molecule has 2 aromatic rings. The summed E-state index contributed by atoms with van der Waals surface area (Å²) >= 11 is 0. The third kappa shape index (κ3) is 2.52. The van der Waals surface area contributed by atoms with Crippen molar-refractivity contribution in [2.45, 2.75) is 25.4 Å². The molecular formula is C20H18O5. The maximum Gasteiger partial charge on any atom is 0.177 e. The highest BCUT2D eigenvalue weighted by atomic mass is 16.5. The van der Waals surface area contributed by atoms with Gasteiger partial charge in [0.15, 0.2) is 5.78 Å². The number of hydrogen-bond acceptors (Lipinski definition) is 5. The lowest BCUT2D eigenvalue weighted by Gasteiger charge is -2.32. The first-order chi connectivity index (χ1) is 11.9. The standard InChI is InChI=1S/C20H18O5/c1-20(2)8-7-13-17(25-20)6-5-14-18(23)15(10-24-19(13)14)12-4-3-11(21)9-16(12)22/h3-9,15,21-22H,10H2,1-2H3/t15-/m1/s1. The Morgan fingerprint density at radius 3 is 2.72 bits per heavy atom. The van der Waals surface area contributed by atoms with E-state index in [1.807, 2.05) is 26.0 Å². The van der Waals surface area contributed by atoms with Gasteiger partial charge in [0.05, 0.1) is 17.0 Å². The molecule has 0 aliphatic carbocycles. The summed E-state index contributed by atoms with van der Waals surface area (Å²) in [5.74, 6) is 0.297. The summed E-state index contributed by atoms with van der Waals surface area (Å²) < 4.78 is 11.8. The van der Waals surface area contributed by atoms with Crippen LogP contribution >= 0.6 is 0 Å². The number of fused-ring (bicyclic) bond motifs is 3. The Morgan fingerprint density at radius 1 is 1.16 bits per heavy atom. The van der Waals surface area contributed by atoms with Crippen LogP contribution in [0.1, 0.15) is 41.3 Å². The van der Waals surface area contributed by atoms with E-state index in [9.17, 15) is 15.0 Å². The average Bonchev–Trinajstić information content (AvgIpc) is 2.54. The van der Waals surface area contributed by atoms with Crippen LogP contribution in [0.5, 0.6) is 23.0 Å². The van der Waals surface area contributed by atoms with Gasteiger partial charge < -0.3 is 19.7 Å². The fourth-order valence-electron chi connectivity index (χ4n) is 3.27. The molecule has 0 unspecified atom stereocenters. The van der Waals surface area contributed by atoms with Gasteiger partial charge in [-0.1, -0.05) is 6.07 Å². The van der Waals surface area contributed by atoms with E-state index in [1.54, 1.807) is 18.2 Å². The number of phenolic OH excluding ortho intramolecular Hbond substituents is 2. The number of hydrogen-bond donors (Lipinski definition) is 2. The number of Topliss-reactive ketones (excluding diaryl/α,β-unsaturated/α-hetero) is 1. The van der Waals surface area contributed by atoms with E-state index in [0.29, 0.717) is 22.6 Å². The minimum Gasteiger partial charge on any atom is -0.508 e. The zero-order valence-electron chi connectivity index (χ0n) is 13.9. The van der Waals surface area contributed by atoms with Gasteiger partial charge in [0.25, 0.3) is 0 Å². The number of ether oxygens (including phenoxy) is 2. The third-order valence-corrected chi connectivity index (χ3v) is 4.55. The summed E-state index contributed by atoms with van der Waals surface area (Å²) in [6.07, 6.45) is 3.85. The topological polar surface area (TPSA) is 76.0 Å². The lowest BCUT2D eigenvalue weighted by atomic mass is 9.86. The highest BCUT2D eigenvalue weighted by Gasteiger charge is 2.35. The molecule has 128 valence electrons. The maximum atomic E-state index is 12.9. The number of benzene rings is 2. The van der Waals surface area contributed by atoms with Crippen molar-refractivity contribution in [1.82, 2.24) is 0 Å². The van der Waals surface area contributed by atoms with E-state index >= 15 is 0 Å². The summed E-state index contributed by atoms with van der Waals surface area (Å²) in [5, 5.41) is 19.5. The number of ketones is 1. The van der Waals surface area contributed by atoms with Gasteiger partial charge in [0.1, 0.15) is 35.2 Å². The zero-order chi connectivity index (χ0) is 17.8. The predicted molar refractivity (Wildman–Crippen MR) is 92.5 cm³/mol. The molecule has 25 heavy (non-hydrogen) atoms. The molecule has 5 heteroatoms. The van der Waals surface area contributed by atoms with E-state index in [2.05, 4.69) is 0 Å². The van der Waals surface area contributed by atoms with Crippen molar-refractivity contribution < 1.29 is 24.5 Å². The molecule has 2 aromatic carbocycles. The lowest BCUT2D eigenvalue weighted by Crippen LogP contribution is -2.30. The number of carbonyl (C=O) groups is 1. The van der Waals surface area contributed by atoms with Crippen molar-refractivity contribution in [3.8, 4) is 23.0 Å². The van der Waals surface area contributed by atoms with Crippen molar-refractivity contribution in [2.24, 2.45) is 0 Å². The molecular weight excluding hydrogens is 320 g/mol. The molecule has 2 N–H and O–H groups in total. The van der Waals surface area contributed by atoms with E-state index in [-0.39, 0.29) is 23.9 Å².